The Morgan fingerprint density at radius 3 is 2.62 bits per heavy atom. The number of benzene rings is 3. The fourth-order valence-electron chi connectivity index (χ4n) is 4.93. The van der Waals surface area contributed by atoms with Gasteiger partial charge in [0.1, 0.15) is 17.5 Å². The molecule has 0 spiro atoms. The predicted octanol–water partition coefficient (Wildman–Crippen LogP) is 4.35. The maximum absolute atomic E-state index is 13.1. The second-order valence-electron chi connectivity index (χ2n) is 9.63. The molecular weight excluding hydrogens is 465 g/mol. The van der Waals surface area contributed by atoms with Gasteiger partial charge in [-0.2, -0.15) is 0 Å². The Morgan fingerprint density at radius 1 is 0.946 bits per heavy atom. The minimum absolute atomic E-state index is 0.0821. The van der Waals surface area contributed by atoms with E-state index in [1.54, 1.807) is 12.1 Å². The van der Waals surface area contributed by atoms with Crippen LogP contribution in [0, 0.1) is 12.7 Å². The molecule has 7 heteroatoms. The summed E-state index contributed by atoms with van der Waals surface area (Å²) in [5, 5.41) is 11.8. The van der Waals surface area contributed by atoms with Crippen LogP contribution < -0.4 is 5.32 Å². The number of nitrogens with zero attached hydrogens (tertiary/aromatic N) is 4. The highest BCUT2D eigenvalue weighted by Gasteiger charge is 2.19. The SMILES string of the molecule is Cc1ccccc1-c1cccc(CN2CCc3nnc(CCNC(=O)Cc4ccc(F)cc4)n3CC2)c1. The summed E-state index contributed by atoms with van der Waals surface area (Å²) in [6, 6.07) is 23.3. The maximum Gasteiger partial charge on any atom is 0.224 e. The van der Waals surface area contributed by atoms with Crippen LogP contribution in [0.2, 0.25) is 0 Å². The summed E-state index contributed by atoms with van der Waals surface area (Å²) in [5.41, 5.74) is 5.92. The Balaban J connectivity index is 1.14. The van der Waals surface area contributed by atoms with Crippen molar-refractivity contribution in [2.75, 3.05) is 19.6 Å². The van der Waals surface area contributed by atoms with Crippen LogP contribution in [0.4, 0.5) is 4.39 Å². The van der Waals surface area contributed by atoms with Crippen LogP contribution >= 0.6 is 0 Å². The smallest absolute Gasteiger partial charge is 0.224 e. The first-order valence-corrected chi connectivity index (χ1v) is 12.8. The molecule has 1 aliphatic rings. The van der Waals surface area contributed by atoms with Crippen molar-refractivity contribution >= 4 is 5.91 Å². The van der Waals surface area contributed by atoms with Crippen molar-refractivity contribution in [2.24, 2.45) is 0 Å². The number of hydrogen-bond donors (Lipinski definition) is 1. The molecule has 0 radical (unpaired) electrons. The fourth-order valence-corrected chi connectivity index (χ4v) is 4.93. The lowest BCUT2D eigenvalue weighted by atomic mass is 9.99. The molecule has 0 bridgehead atoms. The molecule has 3 aromatic carbocycles. The molecule has 0 aliphatic carbocycles. The van der Waals surface area contributed by atoms with E-state index >= 15 is 0 Å². The minimum atomic E-state index is -0.300. The molecule has 2 heterocycles. The summed E-state index contributed by atoms with van der Waals surface area (Å²) in [6.07, 6.45) is 1.71. The van der Waals surface area contributed by atoms with Crippen molar-refractivity contribution in [1.82, 2.24) is 25.0 Å². The van der Waals surface area contributed by atoms with Gasteiger partial charge in [-0.1, -0.05) is 54.6 Å². The lowest BCUT2D eigenvalue weighted by Crippen LogP contribution is -2.28. The highest BCUT2D eigenvalue weighted by Crippen LogP contribution is 2.24. The van der Waals surface area contributed by atoms with E-state index in [0.29, 0.717) is 13.0 Å². The number of halogens is 1. The first-order valence-electron chi connectivity index (χ1n) is 12.8. The van der Waals surface area contributed by atoms with Gasteiger partial charge in [0.15, 0.2) is 0 Å². The van der Waals surface area contributed by atoms with E-state index in [4.69, 9.17) is 0 Å². The lowest BCUT2D eigenvalue weighted by Gasteiger charge is -2.20. The van der Waals surface area contributed by atoms with Gasteiger partial charge in [-0.15, -0.1) is 10.2 Å². The van der Waals surface area contributed by atoms with E-state index in [0.717, 1.165) is 49.8 Å². The Morgan fingerprint density at radius 2 is 1.78 bits per heavy atom. The van der Waals surface area contributed by atoms with Gasteiger partial charge >= 0.3 is 0 Å². The molecule has 1 amide bonds. The second kappa shape index (κ2) is 11.5. The highest BCUT2D eigenvalue weighted by atomic mass is 19.1. The monoisotopic (exact) mass is 497 g/mol. The van der Waals surface area contributed by atoms with Gasteiger partial charge in [-0.25, -0.2) is 4.39 Å². The van der Waals surface area contributed by atoms with E-state index in [-0.39, 0.29) is 18.1 Å². The van der Waals surface area contributed by atoms with E-state index in [9.17, 15) is 9.18 Å². The van der Waals surface area contributed by atoms with E-state index < -0.39 is 0 Å². The van der Waals surface area contributed by atoms with Crippen molar-refractivity contribution in [3.8, 4) is 11.1 Å². The van der Waals surface area contributed by atoms with Gasteiger partial charge in [-0.05, 0) is 52.9 Å². The molecule has 1 N–H and O–H groups in total. The highest BCUT2D eigenvalue weighted by molar-refractivity contribution is 5.78. The molecule has 0 unspecified atom stereocenters. The number of rotatable bonds is 8. The average molecular weight is 498 g/mol. The standard InChI is InChI=1S/C30H32FN5O/c1-22-5-2-3-8-27(22)25-7-4-6-24(19-25)21-35-16-14-29-34-33-28(36(29)18-17-35)13-15-32-30(37)20-23-9-11-26(31)12-10-23/h2-12,19H,13-18,20-21H2,1H3,(H,32,37). The summed E-state index contributed by atoms with van der Waals surface area (Å²) in [7, 11) is 0. The second-order valence-corrected chi connectivity index (χ2v) is 9.63. The molecule has 5 rings (SSSR count). The number of hydrogen-bond acceptors (Lipinski definition) is 4. The van der Waals surface area contributed by atoms with Crippen LogP contribution in [0.3, 0.4) is 0 Å². The third-order valence-corrected chi connectivity index (χ3v) is 6.93. The molecule has 4 aromatic rings. The largest absolute Gasteiger partial charge is 0.355 e. The van der Waals surface area contributed by atoms with Gasteiger partial charge in [0.25, 0.3) is 0 Å². The zero-order chi connectivity index (χ0) is 25.6. The molecule has 0 fully saturated rings. The predicted molar refractivity (Wildman–Crippen MR) is 142 cm³/mol. The topological polar surface area (TPSA) is 63.1 Å². The number of aromatic nitrogens is 3. The number of amides is 1. The summed E-state index contributed by atoms with van der Waals surface area (Å²) in [6.45, 7) is 6.23. The van der Waals surface area contributed by atoms with Crippen LogP contribution in [0.1, 0.15) is 28.3 Å². The molecular formula is C30H32FN5O. The lowest BCUT2D eigenvalue weighted by molar-refractivity contribution is -0.120. The quantitative estimate of drug-likeness (QED) is 0.393. The molecule has 0 atom stereocenters. The zero-order valence-corrected chi connectivity index (χ0v) is 21.2. The minimum Gasteiger partial charge on any atom is -0.355 e. The van der Waals surface area contributed by atoms with E-state index in [1.807, 2.05) is 0 Å². The Labute approximate surface area is 217 Å². The van der Waals surface area contributed by atoms with Crippen molar-refractivity contribution < 1.29 is 9.18 Å². The first-order chi connectivity index (χ1) is 18.0. The molecule has 0 saturated heterocycles. The van der Waals surface area contributed by atoms with Gasteiger partial charge < -0.3 is 9.88 Å². The van der Waals surface area contributed by atoms with E-state index in [1.165, 1.54) is 34.4 Å². The van der Waals surface area contributed by atoms with Crippen molar-refractivity contribution in [1.29, 1.82) is 0 Å². The van der Waals surface area contributed by atoms with Gasteiger partial charge in [0, 0.05) is 45.6 Å². The molecule has 1 aromatic heterocycles. The molecule has 0 saturated carbocycles. The van der Waals surface area contributed by atoms with Gasteiger partial charge in [0.2, 0.25) is 5.91 Å². The third-order valence-electron chi connectivity index (χ3n) is 6.93. The Kier molecular flexibility index (Phi) is 7.70. The fraction of sp³-hybridized carbons (Fsp3) is 0.300. The van der Waals surface area contributed by atoms with Crippen LogP contribution in [0.15, 0.2) is 72.8 Å². The van der Waals surface area contributed by atoms with E-state index in [2.05, 4.69) is 80.4 Å². The first kappa shape index (κ1) is 24.8. The van der Waals surface area contributed by atoms with Crippen LogP contribution in [0.5, 0.6) is 0 Å². The van der Waals surface area contributed by atoms with Crippen LogP contribution in [0.25, 0.3) is 11.1 Å². The number of carbonyl (C=O) groups excluding carboxylic acids is 1. The molecule has 1 aliphatic heterocycles. The maximum atomic E-state index is 13.1. The summed E-state index contributed by atoms with van der Waals surface area (Å²) in [5.74, 6) is 1.52. The molecule has 37 heavy (non-hydrogen) atoms. The zero-order valence-electron chi connectivity index (χ0n) is 21.2. The number of fused-ring (bicyclic) bond motifs is 1. The Bertz CT molecular complexity index is 1360. The number of nitrogens with one attached hydrogen (secondary N) is 1. The summed E-state index contributed by atoms with van der Waals surface area (Å²) >= 11 is 0. The van der Waals surface area contributed by atoms with Crippen molar-refractivity contribution in [3.05, 3.63) is 107 Å². The summed E-state index contributed by atoms with van der Waals surface area (Å²) in [4.78, 5) is 14.7. The van der Waals surface area contributed by atoms with Crippen LogP contribution in [-0.4, -0.2) is 45.2 Å². The molecule has 190 valence electrons. The summed E-state index contributed by atoms with van der Waals surface area (Å²) < 4.78 is 15.3. The number of aryl methyl sites for hydroxylation is 1. The number of carbonyl (C=O) groups is 1. The Hall–Kier alpha value is -3.84. The van der Waals surface area contributed by atoms with Gasteiger partial charge in [0.05, 0.1) is 6.42 Å². The van der Waals surface area contributed by atoms with Crippen LogP contribution in [-0.2, 0) is 37.1 Å². The molecule has 6 nitrogen and oxygen atoms in total. The van der Waals surface area contributed by atoms with Crippen molar-refractivity contribution in [3.63, 3.8) is 0 Å². The van der Waals surface area contributed by atoms with Gasteiger partial charge in [-0.3, -0.25) is 9.69 Å². The van der Waals surface area contributed by atoms with Crippen molar-refractivity contribution in [2.45, 2.75) is 39.3 Å². The average Bonchev–Trinajstić information content (AvgIpc) is 3.17. The normalized spacial score (nSPS) is 13.7. The third kappa shape index (κ3) is 6.30.